The Morgan fingerprint density at radius 2 is 2.10 bits per heavy atom. The molecule has 3 heteroatoms. The zero-order valence-corrected chi connectivity index (χ0v) is 12.9. The van der Waals surface area contributed by atoms with E-state index >= 15 is 0 Å². The second-order valence-electron chi connectivity index (χ2n) is 6.16. The van der Waals surface area contributed by atoms with Crippen molar-refractivity contribution in [3.8, 4) is 5.75 Å². The SMILES string of the molecule is COCCC1(CNCc2cccc(OC(C)C)c2)CC1. The number of ether oxygens (including phenoxy) is 2. The van der Waals surface area contributed by atoms with Crippen LogP contribution in [0.3, 0.4) is 0 Å². The van der Waals surface area contributed by atoms with Crippen molar-refractivity contribution in [2.45, 2.75) is 45.8 Å². The summed E-state index contributed by atoms with van der Waals surface area (Å²) in [6, 6.07) is 8.35. The largest absolute Gasteiger partial charge is 0.491 e. The molecule has 0 atom stereocenters. The van der Waals surface area contributed by atoms with E-state index < -0.39 is 0 Å². The molecule has 0 amide bonds. The highest BCUT2D eigenvalue weighted by Gasteiger charge is 2.41. The number of hydrogen-bond acceptors (Lipinski definition) is 3. The summed E-state index contributed by atoms with van der Waals surface area (Å²) in [5.74, 6) is 0.958. The summed E-state index contributed by atoms with van der Waals surface area (Å²) in [5, 5.41) is 3.58. The molecule has 1 aromatic carbocycles. The molecule has 0 saturated heterocycles. The third kappa shape index (κ3) is 4.80. The van der Waals surface area contributed by atoms with Crippen molar-refractivity contribution in [1.29, 1.82) is 0 Å². The van der Waals surface area contributed by atoms with Gasteiger partial charge in [-0.05, 0) is 56.2 Å². The lowest BCUT2D eigenvalue weighted by Gasteiger charge is -2.16. The fourth-order valence-corrected chi connectivity index (χ4v) is 2.48. The van der Waals surface area contributed by atoms with Gasteiger partial charge >= 0.3 is 0 Å². The number of hydrogen-bond donors (Lipinski definition) is 1. The van der Waals surface area contributed by atoms with E-state index in [2.05, 4.69) is 37.4 Å². The molecule has 112 valence electrons. The second kappa shape index (κ2) is 7.09. The Labute approximate surface area is 122 Å². The Kier molecular flexibility index (Phi) is 5.44. The topological polar surface area (TPSA) is 30.5 Å². The van der Waals surface area contributed by atoms with E-state index in [1.54, 1.807) is 7.11 Å². The maximum absolute atomic E-state index is 5.72. The minimum absolute atomic E-state index is 0.224. The van der Waals surface area contributed by atoms with Gasteiger partial charge < -0.3 is 14.8 Å². The van der Waals surface area contributed by atoms with Gasteiger partial charge in [-0.15, -0.1) is 0 Å². The lowest BCUT2D eigenvalue weighted by Crippen LogP contribution is -2.24. The second-order valence-corrected chi connectivity index (χ2v) is 6.16. The summed E-state index contributed by atoms with van der Waals surface area (Å²) < 4.78 is 10.9. The maximum Gasteiger partial charge on any atom is 0.120 e. The van der Waals surface area contributed by atoms with E-state index in [0.717, 1.165) is 25.4 Å². The molecule has 1 saturated carbocycles. The van der Waals surface area contributed by atoms with Crippen LogP contribution < -0.4 is 10.1 Å². The van der Waals surface area contributed by atoms with Crippen molar-refractivity contribution in [1.82, 2.24) is 5.32 Å². The summed E-state index contributed by atoms with van der Waals surface area (Å²) in [6.07, 6.45) is 4.06. The molecular formula is C17H27NO2. The molecule has 1 aromatic rings. The van der Waals surface area contributed by atoms with Crippen molar-refractivity contribution in [2.24, 2.45) is 5.41 Å². The molecule has 0 heterocycles. The fraction of sp³-hybridized carbons (Fsp3) is 0.647. The van der Waals surface area contributed by atoms with Gasteiger partial charge in [0.05, 0.1) is 6.10 Å². The van der Waals surface area contributed by atoms with Crippen molar-refractivity contribution >= 4 is 0 Å². The smallest absolute Gasteiger partial charge is 0.120 e. The molecule has 0 radical (unpaired) electrons. The third-order valence-corrected chi connectivity index (χ3v) is 3.89. The first kappa shape index (κ1) is 15.3. The minimum atomic E-state index is 0.224. The van der Waals surface area contributed by atoms with Crippen LogP contribution in [0.4, 0.5) is 0 Å². The van der Waals surface area contributed by atoms with E-state index in [1.807, 2.05) is 6.07 Å². The van der Waals surface area contributed by atoms with Crippen LogP contribution in [0.25, 0.3) is 0 Å². The molecule has 0 aliphatic heterocycles. The average Bonchev–Trinajstić information content (AvgIpc) is 3.17. The first-order chi connectivity index (χ1) is 9.63. The standard InChI is InChI=1S/C17H27NO2/c1-14(2)20-16-6-4-5-15(11-16)12-18-13-17(7-8-17)9-10-19-3/h4-6,11,14,18H,7-10,12-13H2,1-3H3. The molecular weight excluding hydrogens is 250 g/mol. The summed E-state index contributed by atoms with van der Waals surface area (Å²) in [4.78, 5) is 0. The highest BCUT2D eigenvalue weighted by atomic mass is 16.5. The van der Waals surface area contributed by atoms with Crippen LogP contribution in [0.2, 0.25) is 0 Å². The summed E-state index contributed by atoms with van der Waals surface area (Å²) in [7, 11) is 1.78. The van der Waals surface area contributed by atoms with Gasteiger partial charge in [0.1, 0.15) is 5.75 Å². The summed E-state index contributed by atoms with van der Waals surface area (Å²) in [5.41, 5.74) is 1.79. The molecule has 1 N–H and O–H groups in total. The highest BCUT2D eigenvalue weighted by molar-refractivity contribution is 5.28. The van der Waals surface area contributed by atoms with Gasteiger partial charge in [-0.2, -0.15) is 0 Å². The van der Waals surface area contributed by atoms with Gasteiger partial charge in [0.15, 0.2) is 0 Å². The molecule has 2 rings (SSSR count). The molecule has 0 aromatic heterocycles. The first-order valence-electron chi connectivity index (χ1n) is 7.59. The Morgan fingerprint density at radius 1 is 1.30 bits per heavy atom. The Morgan fingerprint density at radius 3 is 2.75 bits per heavy atom. The van der Waals surface area contributed by atoms with Crippen LogP contribution in [-0.4, -0.2) is 26.4 Å². The average molecular weight is 277 g/mol. The van der Waals surface area contributed by atoms with Crippen LogP contribution in [-0.2, 0) is 11.3 Å². The Hall–Kier alpha value is -1.06. The molecule has 3 nitrogen and oxygen atoms in total. The first-order valence-corrected chi connectivity index (χ1v) is 7.59. The number of methoxy groups -OCH3 is 1. The van der Waals surface area contributed by atoms with Gasteiger partial charge in [-0.3, -0.25) is 0 Å². The van der Waals surface area contributed by atoms with E-state index in [9.17, 15) is 0 Å². The molecule has 0 spiro atoms. The highest BCUT2D eigenvalue weighted by Crippen LogP contribution is 2.48. The number of rotatable bonds is 9. The summed E-state index contributed by atoms with van der Waals surface area (Å²) >= 11 is 0. The molecule has 20 heavy (non-hydrogen) atoms. The number of benzene rings is 1. The normalized spacial score (nSPS) is 16.4. The quantitative estimate of drug-likeness (QED) is 0.750. The van der Waals surface area contributed by atoms with E-state index in [-0.39, 0.29) is 6.10 Å². The van der Waals surface area contributed by atoms with Crippen molar-refractivity contribution in [2.75, 3.05) is 20.3 Å². The summed E-state index contributed by atoms with van der Waals surface area (Å²) in [6.45, 7) is 6.98. The van der Waals surface area contributed by atoms with Crippen LogP contribution in [0, 0.1) is 5.41 Å². The third-order valence-electron chi connectivity index (χ3n) is 3.89. The predicted octanol–water partition coefficient (Wildman–Crippen LogP) is 3.38. The predicted molar refractivity (Wildman–Crippen MR) is 82.1 cm³/mol. The lowest BCUT2D eigenvalue weighted by atomic mass is 10.0. The van der Waals surface area contributed by atoms with Crippen molar-refractivity contribution in [3.63, 3.8) is 0 Å². The monoisotopic (exact) mass is 277 g/mol. The van der Waals surface area contributed by atoms with Crippen LogP contribution in [0.5, 0.6) is 5.75 Å². The van der Waals surface area contributed by atoms with E-state index in [4.69, 9.17) is 9.47 Å². The fourth-order valence-electron chi connectivity index (χ4n) is 2.48. The van der Waals surface area contributed by atoms with Gasteiger partial charge in [0.25, 0.3) is 0 Å². The molecule has 0 bridgehead atoms. The Balaban J connectivity index is 1.76. The van der Waals surface area contributed by atoms with Crippen molar-refractivity contribution in [3.05, 3.63) is 29.8 Å². The molecule has 1 fully saturated rings. The minimum Gasteiger partial charge on any atom is -0.491 e. The van der Waals surface area contributed by atoms with E-state index in [0.29, 0.717) is 5.41 Å². The van der Waals surface area contributed by atoms with Gasteiger partial charge in [0, 0.05) is 26.8 Å². The van der Waals surface area contributed by atoms with Gasteiger partial charge in [-0.25, -0.2) is 0 Å². The van der Waals surface area contributed by atoms with Crippen LogP contribution in [0.15, 0.2) is 24.3 Å². The molecule has 0 unspecified atom stereocenters. The molecule has 1 aliphatic rings. The molecule has 1 aliphatic carbocycles. The van der Waals surface area contributed by atoms with Crippen LogP contribution >= 0.6 is 0 Å². The maximum atomic E-state index is 5.72. The zero-order chi connectivity index (χ0) is 14.4. The van der Waals surface area contributed by atoms with Gasteiger partial charge in [0.2, 0.25) is 0 Å². The number of nitrogens with one attached hydrogen (secondary N) is 1. The Bertz CT molecular complexity index is 413. The van der Waals surface area contributed by atoms with Crippen LogP contribution in [0.1, 0.15) is 38.7 Å². The van der Waals surface area contributed by atoms with Crippen molar-refractivity contribution < 1.29 is 9.47 Å². The lowest BCUT2D eigenvalue weighted by molar-refractivity contribution is 0.171. The zero-order valence-electron chi connectivity index (χ0n) is 12.9. The van der Waals surface area contributed by atoms with E-state index in [1.165, 1.54) is 24.8 Å². The van der Waals surface area contributed by atoms with Gasteiger partial charge in [-0.1, -0.05) is 12.1 Å².